The van der Waals surface area contributed by atoms with E-state index in [1.807, 2.05) is 55.1 Å². The number of hydrogen-bond donors (Lipinski definition) is 2. The van der Waals surface area contributed by atoms with E-state index in [1.165, 1.54) is 12.1 Å². The van der Waals surface area contributed by atoms with Crippen LogP contribution in [0, 0.1) is 0 Å². The lowest BCUT2D eigenvalue weighted by Crippen LogP contribution is -2.43. The average molecular weight is 540 g/mol. The Morgan fingerprint density at radius 2 is 1.74 bits per heavy atom. The summed E-state index contributed by atoms with van der Waals surface area (Å²) >= 11 is 0. The van der Waals surface area contributed by atoms with Crippen molar-refractivity contribution >= 4 is 27.1 Å². The minimum Gasteiger partial charge on any atom is -0.492 e. The van der Waals surface area contributed by atoms with Crippen LogP contribution in [-0.2, 0) is 16.6 Å². The van der Waals surface area contributed by atoms with Gasteiger partial charge in [0, 0.05) is 25.0 Å². The fraction of sp³-hybridized carbons (Fsp3) is 0.370. The van der Waals surface area contributed by atoms with Crippen molar-refractivity contribution in [1.29, 1.82) is 0 Å². The van der Waals surface area contributed by atoms with Crippen LogP contribution in [0.1, 0.15) is 32.3 Å². The topological polar surface area (TPSA) is 125 Å². The van der Waals surface area contributed by atoms with E-state index in [0.717, 1.165) is 48.7 Å². The van der Waals surface area contributed by atoms with Gasteiger partial charge in [-0.05, 0) is 87.8 Å². The van der Waals surface area contributed by atoms with Gasteiger partial charge in [-0.2, -0.15) is 4.98 Å². The van der Waals surface area contributed by atoms with E-state index >= 15 is 0 Å². The monoisotopic (exact) mass is 539 g/mol. The fourth-order valence-electron chi connectivity index (χ4n) is 4.86. The van der Waals surface area contributed by atoms with Gasteiger partial charge in [-0.15, -0.1) is 0 Å². The van der Waals surface area contributed by atoms with Crippen LogP contribution in [-0.4, -0.2) is 50.3 Å². The molecule has 1 saturated heterocycles. The Kier molecular flexibility index (Phi) is 7.59. The van der Waals surface area contributed by atoms with Crippen LogP contribution in [0.25, 0.3) is 16.8 Å². The highest BCUT2D eigenvalue weighted by atomic mass is 32.2. The van der Waals surface area contributed by atoms with Crippen LogP contribution in [0.3, 0.4) is 0 Å². The Labute approximate surface area is 222 Å². The predicted molar refractivity (Wildman–Crippen MR) is 146 cm³/mol. The molecule has 3 N–H and O–H groups in total. The molecule has 0 saturated carbocycles. The van der Waals surface area contributed by atoms with Gasteiger partial charge in [0.2, 0.25) is 10.0 Å². The maximum absolute atomic E-state index is 11.9. The molecule has 0 atom stereocenters. The molecule has 1 fully saturated rings. The molecule has 0 amide bonds. The number of piperidine rings is 1. The summed E-state index contributed by atoms with van der Waals surface area (Å²) in [7, 11) is -3.85. The summed E-state index contributed by atoms with van der Waals surface area (Å²) in [6.07, 6.45) is 5.77. The second-order valence-corrected chi connectivity index (χ2v) is 10.7. The summed E-state index contributed by atoms with van der Waals surface area (Å²) in [5, 5.41) is 8.74. The van der Waals surface area contributed by atoms with Crippen molar-refractivity contribution in [2.75, 3.05) is 31.2 Å². The van der Waals surface area contributed by atoms with Gasteiger partial charge in [0.1, 0.15) is 22.7 Å². The molecule has 2 aromatic carbocycles. The number of rotatable bonds is 10. The van der Waals surface area contributed by atoms with Crippen LogP contribution < -0.4 is 24.8 Å². The van der Waals surface area contributed by atoms with E-state index in [4.69, 9.17) is 19.0 Å². The molecule has 1 aliphatic rings. The van der Waals surface area contributed by atoms with Crippen molar-refractivity contribution in [2.45, 2.75) is 44.2 Å². The minimum atomic E-state index is -3.85. The first-order chi connectivity index (χ1) is 18.4. The van der Waals surface area contributed by atoms with Gasteiger partial charge in [-0.25, -0.2) is 13.6 Å². The van der Waals surface area contributed by atoms with Crippen molar-refractivity contribution in [1.82, 2.24) is 14.9 Å². The van der Waals surface area contributed by atoms with Crippen LogP contribution in [0.2, 0.25) is 0 Å². The number of anilines is 1. The van der Waals surface area contributed by atoms with Crippen molar-refractivity contribution in [3.05, 3.63) is 60.4 Å². The number of aromatic nitrogens is 2. The van der Waals surface area contributed by atoms with Crippen molar-refractivity contribution < 1.29 is 22.3 Å². The molecule has 5 rings (SSSR count). The number of nitrogens with zero attached hydrogens (tertiary/aromatic N) is 3. The standard InChI is InChI=1S/C27H33N5O5S/c1-3-35-24-15-19(16-25(36-4-2)26(24)31-13-5-6-14-31)18-32(20-9-11-29-12-10-20)27-30-22-17-21(38(28,33)34)7-8-23(22)37-27/h5-8,13-17,20,29H,3-4,9-12,18H2,1-2H3,(H2,28,33,34). The zero-order chi connectivity index (χ0) is 26.7. The summed E-state index contributed by atoms with van der Waals surface area (Å²) in [6.45, 7) is 7.23. The molecule has 0 bridgehead atoms. The van der Waals surface area contributed by atoms with Gasteiger partial charge in [-0.3, -0.25) is 0 Å². The first-order valence-electron chi connectivity index (χ1n) is 12.8. The van der Waals surface area contributed by atoms with Gasteiger partial charge >= 0.3 is 0 Å². The van der Waals surface area contributed by atoms with E-state index in [2.05, 4.69) is 15.2 Å². The number of ether oxygens (including phenoxy) is 2. The molecule has 10 nitrogen and oxygen atoms in total. The third-order valence-electron chi connectivity index (χ3n) is 6.59. The van der Waals surface area contributed by atoms with Gasteiger partial charge in [0.25, 0.3) is 6.01 Å². The van der Waals surface area contributed by atoms with Crippen molar-refractivity contribution in [2.24, 2.45) is 5.14 Å². The van der Waals surface area contributed by atoms with Crippen LogP contribution in [0.5, 0.6) is 11.5 Å². The van der Waals surface area contributed by atoms with E-state index in [0.29, 0.717) is 36.9 Å². The van der Waals surface area contributed by atoms with Crippen molar-refractivity contribution in [3.8, 4) is 17.2 Å². The molecule has 0 aliphatic carbocycles. The lowest BCUT2D eigenvalue weighted by Gasteiger charge is -2.34. The molecule has 0 spiro atoms. The molecule has 202 valence electrons. The maximum atomic E-state index is 11.9. The second-order valence-electron chi connectivity index (χ2n) is 9.18. The zero-order valence-corrected chi connectivity index (χ0v) is 22.4. The molecule has 38 heavy (non-hydrogen) atoms. The average Bonchev–Trinajstić information content (AvgIpc) is 3.57. The highest BCUT2D eigenvalue weighted by Gasteiger charge is 2.27. The Morgan fingerprint density at radius 3 is 2.34 bits per heavy atom. The Hall–Kier alpha value is -3.54. The number of primary sulfonamides is 1. The molecule has 2 aromatic heterocycles. The Morgan fingerprint density at radius 1 is 1.08 bits per heavy atom. The number of nitrogens with two attached hydrogens (primary N) is 1. The smallest absolute Gasteiger partial charge is 0.298 e. The molecule has 11 heteroatoms. The molecular weight excluding hydrogens is 506 g/mol. The van der Waals surface area contributed by atoms with Gasteiger partial charge in [-0.1, -0.05) is 0 Å². The van der Waals surface area contributed by atoms with Crippen molar-refractivity contribution in [3.63, 3.8) is 0 Å². The first kappa shape index (κ1) is 26.1. The van der Waals surface area contributed by atoms with E-state index in [9.17, 15) is 8.42 Å². The number of oxazole rings is 1. The van der Waals surface area contributed by atoms with Crippen LogP contribution >= 0.6 is 0 Å². The van der Waals surface area contributed by atoms with Gasteiger partial charge in [0.05, 0.1) is 18.1 Å². The molecule has 0 radical (unpaired) electrons. The number of hydrogen-bond acceptors (Lipinski definition) is 8. The largest absolute Gasteiger partial charge is 0.492 e. The third-order valence-corrected chi connectivity index (χ3v) is 7.50. The van der Waals surface area contributed by atoms with Gasteiger partial charge < -0.3 is 28.7 Å². The van der Waals surface area contributed by atoms with E-state index in [-0.39, 0.29) is 10.9 Å². The Balaban J connectivity index is 1.57. The summed E-state index contributed by atoms with van der Waals surface area (Å²) in [5.74, 6) is 1.45. The summed E-state index contributed by atoms with van der Waals surface area (Å²) in [5.41, 5.74) is 2.78. The molecule has 3 heterocycles. The molecule has 4 aromatic rings. The zero-order valence-electron chi connectivity index (χ0n) is 21.6. The SMILES string of the molecule is CCOc1cc(CN(c2nc3cc(S(N)(=O)=O)ccc3o2)C2CCNCC2)cc(OCC)c1-n1cccc1. The quantitative estimate of drug-likeness (QED) is 0.312. The summed E-state index contributed by atoms with van der Waals surface area (Å²) in [4.78, 5) is 6.83. The fourth-order valence-corrected chi connectivity index (χ4v) is 5.39. The lowest BCUT2D eigenvalue weighted by atomic mass is 10.0. The number of benzene rings is 2. The lowest BCUT2D eigenvalue weighted by molar-refractivity contribution is 0.320. The van der Waals surface area contributed by atoms with Gasteiger partial charge in [0.15, 0.2) is 5.58 Å². The number of fused-ring (bicyclic) bond motifs is 1. The number of nitrogens with one attached hydrogen (secondary N) is 1. The highest BCUT2D eigenvalue weighted by Crippen LogP contribution is 2.37. The molecule has 0 unspecified atom stereocenters. The van der Waals surface area contributed by atoms with Crippen LogP contribution in [0.4, 0.5) is 6.01 Å². The number of sulfonamides is 1. The summed E-state index contributed by atoms with van der Waals surface area (Å²) < 4.78 is 44.0. The predicted octanol–water partition coefficient (Wildman–Crippen LogP) is 3.82. The first-order valence-corrected chi connectivity index (χ1v) is 14.4. The van der Waals surface area contributed by atoms with E-state index in [1.54, 1.807) is 6.07 Å². The van der Waals surface area contributed by atoms with Crippen LogP contribution in [0.15, 0.2) is 64.2 Å². The normalized spacial score (nSPS) is 14.6. The van der Waals surface area contributed by atoms with E-state index < -0.39 is 10.0 Å². The highest BCUT2D eigenvalue weighted by molar-refractivity contribution is 7.89. The third kappa shape index (κ3) is 5.50. The minimum absolute atomic E-state index is 0.00146. The summed E-state index contributed by atoms with van der Waals surface area (Å²) in [6, 6.07) is 13.1. The Bertz CT molecular complexity index is 1470. The molecule has 1 aliphatic heterocycles. The maximum Gasteiger partial charge on any atom is 0.298 e. The second kappa shape index (κ2) is 11.1. The molecular formula is C27H33N5O5S.